The number of aryl methyl sites for hydroxylation is 1. The van der Waals surface area contributed by atoms with E-state index in [-0.39, 0.29) is 24.1 Å². The monoisotopic (exact) mass is 288 g/mol. The molecule has 0 aliphatic carbocycles. The maximum atomic E-state index is 11.9. The van der Waals surface area contributed by atoms with Gasteiger partial charge in [0.25, 0.3) is 11.2 Å². The van der Waals surface area contributed by atoms with Crippen molar-refractivity contribution in [2.45, 2.75) is 12.8 Å². The van der Waals surface area contributed by atoms with Crippen molar-refractivity contribution in [2.75, 3.05) is 0 Å². The third-order valence-electron chi connectivity index (χ3n) is 2.97. The number of aromatic amines is 1. The number of benzene rings is 1. The molecule has 0 amide bonds. The maximum absolute atomic E-state index is 11.9. The van der Waals surface area contributed by atoms with E-state index in [1.807, 2.05) is 0 Å². The summed E-state index contributed by atoms with van der Waals surface area (Å²) in [5, 5.41) is 19.3. The molecule has 2 N–H and O–H groups in total. The third kappa shape index (κ3) is 3.53. The van der Waals surface area contributed by atoms with E-state index in [2.05, 4.69) is 4.98 Å². The highest BCUT2D eigenvalue weighted by Crippen LogP contribution is 2.21. The summed E-state index contributed by atoms with van der Waals surface area (Å²) in [6, 6.07) is 9.05. The van der Waals surface area contributed by atoms with E-state index >= 15 is 0 Å². The molecule has 0 unspecified atom stereocenters. The normalized spacial score (nSPS) is 10.3. The van der Waals surface area contributed by atoms with Gasteiger partial charge in [0.15, 0.2) is 0 Å². The van der Waals surface area contributed by atoms with Crippen molar-refractivity contribution in [3.63, 3.8) is 0 Å². The molecule has 21 heavy (non-hydrogen) atoms. The Kier molecular flexibility index (Phi) is 4.13. The van der Waals surface area contributed by atoms with Crippen molar-refractivity contribution in [2.24, 2.45) is 0 Å². The molecule has 0 fully saturated rings. The Morgan fingerprint density at radius 3 is 2.67 bits per heavy atom. The van der Waals surface area contributed by atoms with Gasteiger partial charge >= 0.3 is 5.97 Å². The lowest BCUT2D eigenvalue weighted by atomic mass is 10.1. The van der Waals surface area contributed by atoms with Crippen LogP contribution in [0.2, 0.25) is 0 Å². The molecule has 1 aromatic heterocycles. The molecule has 0 aliphatic rings. The van der Waals surface area contributed by atoms with Gasteiger partial charge in [-0.1, -0.05) is 18.2 Å². The van der Waals surface area contributed by atoms with Gasteiger partial charge in [-0.3, -0.25) is 19.7 Å². The van der Waals surface area contributed by atoms with Crippen LogP contribution in [0.5, 0.6) is 0 Å². The number of rotatable bonds is 5. The van der Waals surface area contributed by atoms with E-state index in [0.717, 1.165) is 0 Å². The molecule has 2 aromatic rings. The number of aliphatic carboxylic acids is 1. The zero-order valence-corrected chi connectivity index (χ0v) is 10.9. The smallest absolute Gasteiger partial charge is 0.303 e. The van der Waals surface area contributed by atoms with Crippen LogP contribution in [0.25, 0.3) is 11.3 Å². The molecule has 1 aromatic carbocycles. The highest BCUT2D eigenvalue weighted by atomic mass is 16.6. The molecule has 0 aliphatic heterocycles. The van der Waals surface area contributed by atoms with E-state index in [0.29, 0.717) is 16.8 Å². The van der Waals surface area contributed by atoms with Gasteiger partial charge in [-0.05, 0) is 12.5 Å². The first-order chi connectivity index (χ1) is 9.97. The number of carboxylic acids is 1. The Hall–Kier alpha value is -2.96. The van der Waals surface area contributed by atoms with Crippen LogP contribution in [-0.4, -0.2) is 21.0 Å². The number of pyridine rings is 1. The van der Waals surface area contributed by atoms with Crippen molar-refractivity contribution in [3.8, 4) is 11.3 Å². The number of hydrogen-bond donors (Lipinski definition) is 2. The fraction of sp³-hybridized carbons (Fsp3) is 0.143. The van der Waals surface area contributed by atoms with E-state index in [4.69, 9.17) is 5.11 Å². The number of H-pyrrole nitrogens is 1. The first kappa shape index (κ1) is 14.4. The van der Waals surface area contributed by atoms with Gasteiger partial charge in [-0.15, -0.1) is 0 Å². The molecule has 1 heterocycles. The van der Waals surface area contributed by atoms with Crippen LogP contribution in [0.4, 0.5) is 5.69 Å². The predicted molar refractivity (Wildman–Crippen MR) is 75.1 cm³/mol. The van der Waals surface area contributed by atoms with Crippen LogP contribution in [0, 0.1) is 10.1 Å². The van der Waals surface area contributed by atoms with Crippen molar-refractivity contribution in [1.82, 2.24) is 4.98 Å². The van der Waals surface area contributed by atoms with Gasteiger partial charge in [0.1, 0.15) is 0 Å². The van der Waals surface area contributed by atoms with Gasteiger partial charge in [0.05, 0.1) is 4.92 Å². The zero-order valence-electron chi connectivity index (χ0n) is 10.9. The molecular weight excluding hydrogens is 276 g/mol. The second-order valence-electron chi connectivity index (χ2n) is 4.43. The van der Waals surface area contributed by atoms with Crippen LogP contribution in [-0.2, 0) is 11.2 Å². The van der Waals surface area contributed by atoms with Crippen molar-refractivity contribution >= 4 is 11.7 Å². The zero-order chi connectivity index (χ0) is 15.4. The molecule has 0 spiro atoms. The summed E-state index contributed by atoms with van der Waals surface area (Å²) in [5.41, 5.74) is 0.879. The largest absolute Gasteiger partial charge is 0.481 e. The fourth-order valence-electron chi connectivity index (χ4n) is 1.90. The Balaban J connectivity index is 2.31. The molecule has 0 radical (unpaired) electrons. The van der Waals surface area contributed by atoms with Crippen LogP contribution >= 0.6 is 0 Å². The number of nitrogens with one attached hydrogen (secondary N) is 1. The predicted octanol–water partition coefficient (Wildman–Crippen LogP) is 1.97. The molecular formula is C14H12N2O5. The molecule has 108 valence electrons. The standard InChI is InChI=1S/C14H12N2O5/c17-13(18)7-5-9-4-6-12(15-14(9)19)10-2-1-3-11(8-10)16(20)21/h1-4,6,8H,5,7H2,(H,15,19)(H,17,18). The second kappa shape index (κ2) is 6.00. The number of carboxylic acid groups (broad SMARTS) is 1. The summed E-state index contributed by atoms with van der Waals surface area (Å²) in [5.74, 6) is -0.975. The van der Waals surface area contributed by atoms with Gasteiger partial charge in [0.2, 0.25) is 0 Å². The van der Waals surface area contributed by atoms with Crippen molar-refractivity contribution in [1.29, 1.82) is 0 Å². The van der Waals surface area contributed by atoms with Crippen LogP contribution < -0.4 is 5.56 Å². The van der Waals surface area contributed by atoms with E-state index in [1.54, 1.807) is 12.1 Å². The van der Waals surface area contributed by atoms with Gasteiger partial charge in [-0.2, -0.15) is 0 Å². The van der Waals surface area contributed by atoms with E-state index in [9.17, 15) is 19.7 Å². The lowest BCUT2D eigenvalue weighted by Gasteiger charge is -2.03. The first-order valence-electron chi connectivity index (χ1n) is 6.16. The Morgan fingerprint density at radius 1 is 1.29 bits per heavy atom. The fourth-order valence-corrected chi connectivity index (χ4v) is 1.90. The average molecular weight is 288 g/mol. The third-order valence-corrected chi connectivity index (χ3v) is 2.97. The van der Waals surface area contributed by atoms with Gasteiger partial charge < -0.3 is 10.1 Å². The minimum atomic E-state index is -0.975. The number of hydrogen-bond acceptors (Lipinski definition) is 4. The van der Waals surface area contributed by atoms with Gasteiger partial charge in [0, 0.05) is 35.4 Å². The summed E-state index contributed by atoms with van der Waals surface area (Å²) >= 11 is 0. The summed E-state index contributed by atoms with van der Waals surface area (Å²) in [6.45, 7) is 0. The Morgan fingerprint density at radius 2 is 2.05 bits per heavy atom. The lowest BCUT2D eigenvalue weighted by Crippen LogP contribution is -2.14. The summed E-state index contributed by atoms with van der Waals surface area (Å²) in [4.78, 5) is 35.2. The van der Waals surface area contributed by atoms with E-state index in [1.165, 1.54) is 24.3 Å². The number of nitro benzene ring substituents is 1. The minimum Gasteiger partial charge on any atom is -0.481 e. The summed E-state index contributed by atoms with van der Waals surface area (Å²) < 4.78 is 0. The van der Waals surface area contributed by atoms with Crippen molar-refractivity contribution in [3.05, 3.63) is 62.4 Å². The maximum Gasteiger partial charge on any atom is 0.303 e. The topological polar surface area (TPSA) is 113 Å². The van der Waals surface area contributed by atoms with Crippen molar-refractivity contribution < 1.29 is 14.8 Å². The SMILES string of the molecule is O=C(O)CCc1ccc(-c2cccc([N+](=O)[O-])c2)[nH]c1=O. The number of non-ortho nitro benzene ring substituents is 1. The van der Waals surface area contributed by atoms with Crippen LogP contribution in [0.3, 0.4) is 0 Å². The van der Waals surface area contributed by atoms with Crippen LogP contribution in [0.1, 0.15) is 12.0 Å². The molecule has 7 heteroatoms. The molecule has 0 bridgehead atoms. The highest BCUT2D eigenvalue weighted by molar-refractivity contribution is 5.67. The molecule has 0 saturated carbocycles. The number of nitrogens with zero attached hydrogens (tertiary/aromatic N) is 1. The lowest BCUT2D eigenvalue weighted by molar-refractivity contribution is -0.384. The Labute approximate surface area is 119 Å². The second-order valence-corrected chi connectivity index (χ2v) is 4.43. The number of carbonyl (C=O) groups is 1. The summed E-state index contributed by atoms with van der Waals surface area (Å²) in [7, 11) is 0. The highest BCUT2D eigenvalue weighted by Gasteiger charge is 2.09. The van der Waals surface area contributed by atoms with E-state index < -0.39 is 10.9 Å². The quantitative estimate of drug-likeness (QED) is 0.645. The molecule has 7 nitrogen and oxygen atoms in total. The summed E-state index contributed by atoms with van der Waals surface area (Å²) in [6.07, 6.45) is 0.0130. The molecule has 0 saturated heterocycles. The molecule has 0 atom stereocenters. The van der Waals surface area contributed by atoms with Gasteiger partial charge in [-0.25, -0.2) is 0 Å². The minimum absolute atomic E-state index is 0.0664. The first-order valence-corrected chi connectivity index (χ1v) is 6.16. The Bertz CT molecular complexity index is 751. The number of aromatic nitrogens is 1. The van der Waals surface area contributed by atoms with Crippen LogP contribution in [0.15, 0.2) is 41.2 Å². The average Bonchev–Trinajstić information content (AvgIpc) is 2.46. The molecule has 2 rings (SSSR count). The number of nitro groups is 1.